The number of rotatable bonds is 2. The fourth-order valence-corrected chi connectivity index (χ4v) is 0.896. The Morgan fingerprint density at radius 1 is 1.50 bits per heavy atom. The molecule has 5 heteroatoms. The molecule has 4 nitrogen and oxygen atoms in total. The minimum absolute atomic E-state index is 0.0586. The van der Waals surface area contributed by atoms with Crippen LogP contribution in [0.2, 0.25) is 5.02 Å². The molecule has 0 aliphatic rings. The number of nitrogens with two attached hydrogens (primary N) is 1. The highest BCUT2D eigenvalue weighted by molar-refractivity contribution is 6.31. The van der Waals surface area contributed by atoms with Gasteiger partial charge in [-0.1, -0.05) is 32.4 Å². The molecule has 0 saturated carbocycles. The van der Waals surface area contributed by atoms with Crippen molar-refractivity contribution in [2.45, 2.75) is 20.8 Å². The van der Waals surface area contributed by atoms with Crippen LogP contribution in [-0.4, -0.2) is 16.6 Å². The maximum atomic E-state index is 5.82. The number of nitrogen functional groups attached to an aromatic ring is 1. The summed E-state index contributed by atoms with van der Waals surface area (Å²) < 4.78 is 5.42. The van der Waals surface area contributed by atoms with Crippen LogP contribution in [0.1, 0.15) is 20.8 Å². The van der Waals surface area contributed by atoms with Crippen molar-refractivity contribution in [1.29, 1.82) is 0 Å². The van der Waals surface area contributed by atoms with Gasteiger partial charge in [0, 0.05) is 0 Å². The fourth-order valence-electron chi connectivity index (χ4n) is 0.750. The summed E-state index contributed by atoms with van der Waals surface area (Å²) >= 11 is 5.82. The Bertz CT molecular complexity index is 322. The molecule has 0 fully saturated rings. The molecule has 0 radical (unpaired) electrons. The topological polar surface area (TPSA) is 61.0 Å². The number of halogens is 1. The van der Waals surface area contributed by atoms with E-state index >= 15 is 0 Å². The monoisotopic (exact) mass is 215 g/mol. The van der Waals surface area contributed by atoms with Gasteiger partial charge in [-0.15, -0.1) is 0 Å². The van der Waals surface area contributed by atoms with E-state index in [0.29, 0.717) is 17.5 Å². The van der Waals surface area contributed by atoms with Crippen molar-refractivity contribution in [2.24, 2.45) is 5.41 Å². The third kappa shape index (κ3) is 3.38. The van der Waals surface area contributed by atoms with Crippen molar-refractivity contribution in [3.63, 3.8) is 0 Å². The lowest BCUT2D eigenvalue weighted by atomic mass is 9.99. The Balaban J connectivity index is 2.72. The fraction of sp³-hybridized carbons (Fsp3) is 0.556. The molecule has 0 saturated heterocycles. The van der Waals surface area contributed by atoms with Gasteiger partial charge in [-0.05, 0) is 5.41 Å². The molecule has 1 aromatic heterocycles. The largest absolute Gasteiger partial charge is 0.476 e. The molecule has 14 heavy (non-hydrogen) atoms. The van der Waals surface area contributed by atoms with Crippen LogP contribution in [0.15, 0.2) is 6.20 Å². The van der Waals surface area contributed by atoms with E-state index in [4.69, 9.17) is 22.1 Å². The summed E-state index contributed by atoms with van der Waals surface area (Å²) in [6.07, 6.45) is 1.43. The molecule has 0 amide bonds. The molecule has 2 N–H and O–H groups in total. The van der Waals surface area contributed by atoms with E-state index in [1.165, 1.54) is 6.20 Å². The van der Waals surface area contributed by atoms with Crippen molar-refractivity contribution in [2.75, 3.05) is 12.3 Å². The molecular formula is C9H14ClN3O. The van der Waals surface area contributed by atoms with Gasteiger partial charge in [0.05, 0.1) is 12.8 Å². The van der Waals surface area contributed by atoms with E-state index in [9.17, 15) is 0 Å². The van der Waals surface area contributed by atoms with Gasteiger partial charge in [-0.3, -0.25) is 0 Å². The zero-order valence-electron chi connectivity index (χ0n) is 8.54. The summed E-state index contributed by atoms with van der Waals surface area (Å²) in [6, 6.07) is 0. The maximum Gasteiger partial charge on any atom is 0.237 e. The number of ether oxygens (including phenoxy) is 1. The highest BCUT2D eigenvalue weighted by Crippen LogP contribution is 2.23. The van der Waals surface area contributed by atoms with Crippen LogP contribution in [0.5, 0.6) is 5.88 Å². The Kier molecular flexibility index (Phi) is 3.16. The van der Waals surface area contributed by atoms with Gasteiger partial charge in [0.1, 0.15) is 5.02 Å². The third-order valence-corrected chi connectivity index (χ3v) is 1.63. The molecule has 78 valence electrons. The molecule has 1 heterocycles. The van der Waals surface area contributed by atoms with E-state index in [2.05, 4.69) is 30.7 Å². The third-order valence-electron chi connectivity index (χ3n) is 1.37. The van der Waals surface area contributed by atoms with Gasteiger partial charge >= 0.3 is 0 Å². The smallest absolute Gasteiger partial charge is 0.237 e. The van der Waals surface area contributed by atoms with Gasteiger partial charge in [-0.25, -0.2) is 4.98 Å². The van der Waals surface area contributed by atoms with Gasteiger partial charge in [0.2, 0.25) is 11.8 Å². The Morgan fingerprint density at radius 2 is 2.14 bits per heavy atom. The summed E-state index contributed by atoms with van der Waals surface area (Å²) in [4.78, 5) is 7.63. The van der Waals surface area contributed by atoms with Crippen molar-refractivity contribution >= 4 is 17.5 Å². The molecule has 0 aliphatic carbocycles. The Hall–Kier alpha value is -1.03. The second-order valence-electron chi connectivity index (χ2n) is 4.23. The van der Waals surface area contributed by atoms with Crippen molar-refractivity contribution in [3.8, 4) is 5.88 Å². The number of hydrogen-bond donors (Lipinski definition) is 1. The Morgan fingerprint density at radius 3 is 2.71 bits per heavy atom. The molecule has 0 aliphatic heterocycles. The molecule has 0 atom stereocenters. The molecule has 0 spiro atoms. The molecular weight excluding hydrogens is 202 g/mol. The van der Waals surface area contributed by atoms with Gasteiger partial charge in [0.25, 0.3) is 0 Å². The van der Waals surface area contributed by atoms with E-state index in [1.807, 2.05) is 0 Å². The Labute approximate surface area is 88.5 Å². The van der Waals surface area contributed by atoms with Crippen LogP contribution in [0, 0.1) is 5.41 Å². The molecule has 0 bridgehead atoms. The van der Waals surface area contributed by atoms with E-state index < -0.39 is 0 Å². The van der Waals surface area contributed by atoms with E-state index in [0.717, 1.165) is 0 Å². The average Bonchev–Trinajstić information content (AvgIpc) is 2.05. The lowest BCUT2D eigenvalue weighted by Gasteiger charge is -2.18. The lowest BCUT2D eigenvalue weighted by molar-refractivity contribution is 0.191. The van der Waals surface area contributed by atoms with Crippen LogP contribution < -0.4 is 10.5 Å². The number of hydrogen-bond acceptors (Lipinski definition) is 4. The zero-order chi connectivity index (χ0) is 10.8. The second-order valence-corrected chi connectivity index (χ2v) is 4.64. The number of aromatic nitrogens is 2. The predicted octanol–water partition coefficient (Wildman–Crippen LogP) is 2.14. The first-order chi connectivity index (χ1) is 6.38. The molecule has 0 aromatic carbocycles. The second kappa shape index (κ2) is 4.00. The van der Waals surface area contributed by atoms with E-state index in [1.54, 1.807) is 0 Å². The quantitative estimate of drug-likeness (QED) is 0.821. The molecule has 0 unspecified atom stereocenters. The van der Waals surface area contributed by atoms with Gasteiger partial charge in [-0.2, -0.15) is 4.98 Å². The van der Waals surface area contributed by atoms with Gasteiger partial charge in [0.15, 0.2) is 0 Å². The average molecular weight is 216 g/mol. The lowest BCUT2D eigenvalue weighted by Crippen LogP contribution is -2.17. The highest BCUT2D eigenvalue weighted by Gasteiger charge is 2.13. The standard InChI is InChI=1S/C9H14ClN3O/c1-9(2,3)5-14-7-6(10)4-12-8(11)13-7/h4H,5H2,1-3H3,(H2,11,12,13). The number of anilines is 1. The van der Waals surface area contributed by atoms with Gasteiger partial charge < -0.3 is 10.5 Å². The minimum Gasteiger partial charge on any atom is -0.476 e. The van der Waals surface area contributed by atoms with Crippen LogP contribution in [0.3, 0.4) is 0 Å². The summed E-state index contributed by atoms with van der Waals surface area (Å²) in [5, 5.41) is 0.378. The SMILES string of the molecule is CC(C)(C)COc1nc(N)ncc1Cl. The summed E-state index contributed by atoms with van der Waals surface area (Å²) in [5.74, 6) is 0.507. The first kappa shape index (κ1) is 11.0. The summed E-state index contributed by atoms with van der Waals surface area (Å²) in [6.45, 7) is 6.71. The van der Waals surface area contributed by atoms with Crippen LogP contribution >= 0.6 is 11.6 Å². The maximum absolute atomic E-state index is 5.82. The van der Waals surface area contributed by atoms with Crippen molar-refractivity contribution in [3.05, 3.63) is 11.2 Å². The van der Waals surface area contributed by atoms with Crippen LogP contribution in [0.4, 0.5) is 5.95 Å². The molecule has 1 aromatic rings. The van der Waals surface area contributed by atoms with Crippen molar-refractivity contribution < 1.29 is 4.74 Å². The minimum atomic E-state index is 0.0586. The zero-order valence-corrected chi connectivity index (χ0v) is 9.30. The van der Waals surface area contributed by atoms with Crippen molar-refractivity contribution in [1.82, 2.24) is 9.97 Å². The highest BCUT2D eigenvalue weighted by atomic mass is 35.5. The first-order valence-electron chi connectivity index (χ1n) is 4.29. The van der Waals surface area contributed by atoms with Crippen LogP contribution in [-0.2, 0) is 0 Å². The summed E-state index contributed by atoms with van der Waals surface area (Å²) in [7, 11) is 0. The predicted molar refractivity (Wildman–Crippen MR) is 56.4 cm³/mol. The number of nitrogens with zero attached hydrogens (tertiary/aromatic N) is 2. The first-order valence-corrected chi connectivity index (χ1v) is 4.67. The van der Waals surface area contributed by atoms with Crippen LogP contribution in [0.25, 0.3) is 0 Å². The summed E-state index contributed by atoms with van der Waals surface area (Å²) in [5.41, 5.74) is 5.46. The normalized spacial score (nSPS) is 11.4. The van der Waals surface area contributed by atoms with E-state index in [-0.39, 0.29) is 11.4 Å². The molecule has 1 rings (SSSR count).